The molecular weight excluding hydrogens is 286 g/mol. The number of anilines is 1. The van der Waals surface area contributed by atoms with E-state index in [0.717, 1.165) is 11.3 Å². The van der Waals surface area contributed by atoms with Crippen LogP contribution in [0.1, 0.15) is 5.89 Å². The molecule has 2 aromatic carbocycles. The van der Waals surface area contributed by atoms with Gasteiger partial charge in [-0.3, -0.25) is 0 Å². The molecular formula is C16H14ClN3O. The van der Waals surface area contributed by atoms with Gasteiger partial charge in [0.1, 0.15) is 0 Å². The van der Waals surface area contributed by atoms with Gasteiger partial charge < -0.3 is 9.73 Å². The summed E-state index contributed by atoms with van der Waals surface area (Å²) in [6.45, 7) is 0.705. The first-order valence-corrected chi connectivity index (χ1v) is 7.06. The van der Waals surface area contributed by atoms with Crippen LogP contribution in [-0.4, -0.2) is 16.7 Å². The van der Waals surface area contributed by atoms with E-state index in [2.05, 4.69) is 15.5 Å². The average molecular weight is 300 g/mol. The molecule has 0 spiro atoms. The van der Waals surface area contributed by atoms with Crippen LogP contribution in [-0.2, 0) is 6.42 Å². The molecule has 0 radical (unpaired) electrons. The van der Waals surface area contributed by atoms with Crippen molar-refractivity contribution >= 4 is 17.3 Å². The first-order valence-electron chi connectivity index (χ1n) is 6.68. The van der Waals surface area contributed by atoms with Crippen molar-refractivity contribution in [3.05, 3.63) is 65.5 Å². The molecule has 3 aromatic rings. The fraction of sp³-hybridized carbons (Fsp3) is 0.125. The van der Waals surface area contributed by atoms with Crippen molar-refractivity contribution in [2.45, 2.75) is 6.42 Å². The van der Waals surface area contributed by atoms with Gasteiger partial charge in [-0.2, -0.15) is 0 Å². The van der Waals surface area contributed by atoms with E-state index in [-0.39, 0.29) is 0 Å². The minimum absolute atomic E-state index is 0.549. The number of rotatable bonds is 5. The Morgan fingerprint density at radius 2 is 1.86 bits per heavy atom. The van der Waals surface area contributed by atoms with E-state index in [1.807, 2.05) is 54.6 Å². The molecule has 0 saturated heterocycles. The van der Waals surface area contributed by atoms with Crippen molar-refractivity contribution in [2.24, 2.45) is 0 Å². The molecule has 1 aromatic heterocycles. The quantitative estimate of drug-likeness (QED) is 0.772. The predicted molar refractivity (Wildman–Crippen MR) is 83.4 cm³/mol. The Bertz CT molecular complexity index is 712. The maximum absolute atomic E-state index is 5.93. The molecule has 3 rings (SSSR count). The summed E-state index contributed by atoms with van der Waals surface area (Å²) in [4.78, 5) is 0. The fourth-order valence-electron chi connectivity index (χ4n) is 1.96. The van der Waals surface area contributed by atoms with Crippen LogP contribution < -0.4 is 5.32 Å². The topological polar surface area (TPSA) is 51.0 Å². The summed E-state index contributed by atoms with van der Waals surface area (Å²) in [5.74, 6) is 1.16. The summed E-state index contributed by atoms with van der Waals surface area (Å²) in [6, 6.07) is 17.3. The van der Waals surface area contributed by atoms with Crippen molar-refractivity contribution < 1.29 is 4.42 Å². The Morgan fingerprint density at radius 1 is 1.00 bits per heavy atom. The van der Waals surface area contributed by atoms with E-state index >= 15 is 0 Å². The van der Waals surface area contributed by atoms with Crippen molar-refractivity contribution in [3.63, 3.8) is 0 Å². The summed E-state index contributed by atoms with van der Waals surface area (Å²) in [6.07, 6.45) is 0.659. The van der Waals surface area contributed by atoms with E-state index in [1.54, 1.807) is 0 Å². The minimum atomic E-state index is 0.549. The van der Waals surface area contributed by atoms with Gasteiger partial charge in [-0.25, -0.2) is 0 Å². The molecule has 0 aliphatic rings. The first-order chi connectivity index (χ1) is 10.3. The second-order valence-electron chi connectivity index (χ2n) is 4.55. The van der Waals surface area contributed by atoms with Gasteiger partial charge in [0.2, 0.25) is 11.8 Å². The van der Waals surface area contributed by atoms with Crippen LogP contribution in [0.2, 0.25) is 5.02 Å². The van der Waals surface area contributed by atoms with Crippen molar-refractivity contribution in [1.82, 2.24) is 10.2 Å². The van der Waals surface area contributed by atoms with Gasteiger partial charge in [-0.05, 0) is 30.3 Å². The second kappa shape index (κ2) is 6.41. The van der Waals surface area contributed by atoms with E-state index in [0.29, 0.717) is 29.8 Å². The van der Waals surface area contributed by atoms with Gasteiger partial charge in [0.15, 0.2) is 0 Å². The fourth-order valence-corrected chi connectivity index (χ4v) is 2.15. The summed E-state index contributed by atoms with van der Waals surface area (Å²) in [5.41, 5.74) is 1.91. The molecule has 0 saturated carbocycles. The highest BCUT2D eigenvalue weighted by atomic mass is 35.5. The van der Waals surface area contributed by atoms with Crippen LogP contribution in [0.25, 0.3) is 11.5 Å². The Morgan fingerprint density at radius 3 is 2.67 bits per heavy atom. The monoisotopic (exact) mass is 299 g/mol. The summed E-state index contributed by atoms with van der Waals surface area (Å²) in [7, 11) is 0. The molecule has 5 heteroatoms. The Labute approximate surface area is 127 Å². The number of benzene rings is 2. The SMILES string of the molecule is Clc1cccc(NCCc2nnc(-c3ccccc3)o2)c1. The highest BCUT2D eigenvalue weighted by Crippen LogP contribution is 2.18. The van der Waals surface area contributed by atoms with Gasteiger partial charge in [-0.15, -0.1) is 10.2 Å². The highest BCUT2D eigenvalue weighted by molar-refractivity contribution is 6.30. The van der Waals surface area contributed by atoms with Crippen LogP contribution in [0, 0.1) is 0 Å². The van der Waals surface area contributed by atoms with Gasteiger partial charge in [0.05, 0.1) is 0 Å². The maximum Gasteiger partial charge on any atom is 0.247 e. The Balaban J connectivity index is 1.58. The number of aromatic nitrogens is 2. The molecule has 21 heavy (non-hydrogen) atoms. The second-order valence-corrected chi connectivity index (χ2v) is 4.99. The van der Waals surface area contributed by atoms with Crippen molar-refractivity contribution in [3.8, 4) is 11.5 Å². The lowest BCUT2D eigenvalue weighted by Crippen LogP contribution is -2.04. The lowest BCUT2D eigenvalue weighted by molar-refractivity contribution is 0.509. The summed E-state index contributed by atoms with van der Waals surface area (Å²) >= 11 is 5.93. The third-order valence-electron chi connectivity index (χ3n) is 2.98. The zero-order valence-electron chi connectivity index (χ0n) is 11.3. The first kappa shape index (κ1) is 13.6. The third-order valence-corrected chi connectivity index (χ3v) is 3.22. The number of nitrogens with one attached hydrogen (secondary N) is 1. The van der Waals surface area contributed by atoms with Crippen LogP contribution in [0.3, 0.4) is 0 Å². The third kappa shape index (κ3) is 3.61. The zero-order chi connectivity index (χ0) is 14.5. The van der Waals surface area contributed by atoms with Crippen molar-refractivity contribution in [2.75, 3.05) is 11.9 Å². The molecule has 1 N–H and O–H groups in total. The number of nitrogens with zero attached hydrogens (tertiary/aromatic N) is 2. The molecule has 0 atom stereocenters. The molecule has 0 amide bonds. The highest BCUT2D eigenvalue weighted by Gasteiger charge is 2.07. The molecule has 1 heterocycles. The van der Waals surface area contributed by atoms with Crippen LogP contribution >= 0.6 is 11.6 Å². The molecule has 0 fully saturated rings. The number of halogens is 1. The largest absolute Gasteiger partial charge is 0.421 e. The lowest BCUT2D eigenvalue weighted by Gasteiger charge is -2.04. The maximum atomic E-state index is 5.93. The molecule has 106 valence electrons. The Hall–Kier alpha value is -2.33. The van der Waals surface area contributed by atoms with E-state index in [1.165, 1.54) is 0 Å². The van der Waals surface area contributed by atoms with Crippen LogP contribution in [0.5, 0.6) is 0 Å². The summed E-state index contributed by atoms with van der Waals surface area (Å²) in [5, 5.41) is 12.1. The lowest BCUT2D eigenvalue weighted by atomic mass is 10.2. The molecule has 0 bridgehead atoms. The zero-order valence-corrected chi connectivity index (χ0v) is 12.0. The van der Waals surface area contributed by atoms with E-state index < -0.39 is 0 Å². The molecule has 4 nitrogen and oxygen atoms in total. The average Bonchev–Trinajstić information content (AvgIpc) is 2.97. The normalized spacial score (nSPS) is 10.5. The van der Waals surface area contributed by atoms with Gasteiger partial charge in [0.25, 0.3) is 0 Å². The predicted octanol–water partition coefficient (Wildman–Crippen LogP) is 4.04. The van der Waals surface area contributed by atoms with Gasteiger partial charge >= 0.3 is 0 Å². The van der Waals surface area contributed by atoms with E-state index in [9.17, 15) is 0 Å². The van der Waals surface area contributed by atoms with Crippen LogP contribution in [0.4, 0.5) is 5.69 Å². The van der Waals surface area contributed by atoms with Crippen molar-refractivity contribution in [1.29, 1.82) is 0 Å². The van der Waals surface area contributed by atoms with Gasteiger partial charge in [-0.1, -0.05) is 35.9 Å². The van der Waals surface area contributed by atoms with Crippen LogP contribution in [0.15, 0.2) is 59.0 Å². The minimum Gasteiger partial charge on any atom is -0.421 e. The molecule has 0 aliphatic heterocycles. The van der Waals surface area contributed by atoms with Gasteiger partial charge in [0, 0.05) is 29.2 Å². The smallest absolute Gasteiger partial charge is 0.247 e. The Kier molecular flexibility index (Phi) is 4.17. The summed E-state index contributed by atoms with van der Waals surface area (Å²) < 4.78 is 5.64. The van der Waals surface area contributed by atoms with E-state index in [4.69, 9.17) is 16.0 Å². The molecule has 0 aliphatic carbocycles. The number of hydrogen-bond donors (Lipinski definition) is 1. The number of hydrogen-bond acceptors (Lipinski definition) is 4. The standard InChI is InChI=1S/C16H14ClN3O/c17-13-7-4-8-14(11-13)18-10-9-15-19-20-16(21-15)12-5-2-1-3-6-12/h1-8,11,18H,9-10H2. The molecule has 0 unspecified atom stereocenters.